The fourth-order valence-corrected chi connectivity index (χ4v) is 5.18. The molecule has 1 N–H and O–H groups in total. The zero-order valence-electron chi connectivity index (χ0n) is 17.9. The fourth-order valence-electron chi connectivity index (χ4n) is 3.33. The van der Waals surface area contributed by atoms with E-state index in [1.807, 2.05) is 17.0 Å². The van der Waals surface area contributed by atoms with Crippen molar-refractivity contribution in [2.24, 2.45) is 0 Å². The number of hydrogen-bond donors (Lipinski definition) is 1. The Bertz CT molecular complexity index is 913. The first-order valence-corrected chi connectivity index (χ1v) is 14.9. The molecule has 158 valence electrons. The van der Waals surface area contributed by atoms with E-state index in [1.165, 1.54) is 0 Å². The van der Waals surface area contributed by atoms with Gasteiger partial charge >= 0.3 is 0 Å². The Morgan fingerprint density at radius 3 is 2.76 bits per heavy atom. The number of aromatic nitrogens is 4. The predicted octanol–water partition coefficient (Wildman–Crippen LogP) is 5.13. The number of ether oxygens (including phenoxy) is 1. The molecular weight excluding hydrogens is 400 g/mol. The average molecular weight is 433 g/mol. The van der Waals surface area contributed by atoms with Gasteiger partial charge < -0.3 is 14.4 Å². The molecule has 0 bridgehead atoms. The van der Waals surface area contributed by atoms with Gasteiger partial charge in [0.15, 0.2) is 0 Å². The molecule has 1 atom stereocenters. The van der Waals surface area contributed by atoms with Crippen LogP contribution in [0.15, 0.2) is 24.8 Å². The van der Waals surface area contributed by atoms with E-state index in [0.717, 1.165) is 58.5 Å². The normalized spacial score (nSPS) is 13.3. The molecule has 0 saturated heterocycles. The minimum Gasteiger partial charge on any atom is -0.396 e. The van der Waals surface area contributed by atoms with Crippen molar-refractivity contribution in [1.82, 2.24) is 19.5 Å². The summed E-state index contributed by atoms with van der Waals surface area (Å²) in [6.45, 7) is 10.7. The van der Waals surface area contributed by atoms with Gasteiger partial charge in [-0.25, -0.2) is 15.0 Å². The maximum Gasteiger partial charge on any atom is 0.145 e. The van der Waals surface area contributed by atoms with E-state index in [-0.39, 0.29) is 6.61 Å². The van der Waals surface area contributed by atoms with Gasteiger partial charge in [-0.3, -0.25) is 0 Å². The second-order valence-electron chi connectivity index (χ2n) is 8.65. The predicted molar refractivity (Wildman–Crippen MR) is 122 cm³/mol. The van der Waals surface area contributed by atoms with E-state index in [2.05, 4.69) is 47.6 Å². The molecule has 0 aliphatic carbocycles. The largest absolute Gasteiger partial charge is 0.396 e. The van der Waals surface area contributed by atoms with E-state index in [9.17, 15) is 5.11 Å². The molecule has 0 spiro atoms. The van der Waals surface area contributed by atoms with Gasteiger partial charge in [0.25, 0.3) is 0 Å². The van der Waals surface area contributed by atoms with E-state index in [0.29, 0.717) is 12.6 Å². The highest BCUT2D eigenvalue weighted by Gasteiger charge is 2.18. The molecule has 3 aromatic heterocycles. The summed E-state index contributed by atoms with van der Waals surface area (Å²) < 4.78 is 7.94. The first-order valence-electron chi connectivity index (χ1n) is 10.4. The van der Waals surface area contributed by atoms with Gasteiger partial charge in [-0.05, 0) is 25.0 Å². The summed E-state index contributed by atoms with van der Waals surface area (Å²) in [5.41, 5.74) is 1.80. The third-order valence-corrected chi connectivity index (χ3v) is 7.87. The van der Waals surface area contributed by atoms with Crippen molar-refractivity contribution in [2.75, 3.05) is 13.2 Å². The summed E-state index contributed by atoms with van der Waals surface area (Å²) in [6.07, 6.45) is 8.42. The number of aliphatic hydroxyl groups excluding tert-OH is 1. The highest BCUT2D eigenvalue weighted by molar-refractivity contribution is 7.15. The number of rotatable bonds is 11. The molecule has 29 heavy (non-hydrogen) atoms. The maximum absolute atomic E-state index is 9.37. The van der Waals surface area contributed by atoms with E-state index in [4.69, 9.17) is 4.74 Å². The van der Waals surface area contributed by atoms with Crippen LogP contribution in [0.3, 0.4) is 0 Å². The summed E-state index contributed by atoms with van der Waals surface area (Å²) >= 11 is 1.67. The van der Waals surface area contributed by atoms with Crippen molar-refractivity contribution in [3.63, 3.8) is 0 Å². The van der Waals surface area contributed by atoms with Crippen molar-refractivity contribution < 1.29 is 9.84 Å². The summed E-state index contributed by atoms with van der Waals surface area (Å²) in [5, 5.41) is 11.5. The van der Waals surface area contributed by atoms with E-state index in [1.54, 1.807) is 17.7 Å². The molecule has 8 heteroatoms. The summed E-state index contributed by atoms with van der Waals surface area (Å²) in [6, 6.07) is 3.21. The lowest BCUT2D eigenvalue weighted by Gasteiger charge is -2.15. The lowest BCUT2D eigenvalue weighted by atomic mass is 10.0. The molecule has 0 aliphatic heterocycles. The third-order valence-electron chi connectivity index (χ3n) is 5.00. The number of thiazole rings is 1. The molecule has 0 fully saturated rings. The standard InChI is InChI=1S/C21H32N4O2SSi/c1-5-6-16(8-10-26)21-22-13-18(28-21)19-17-7-9-25(20(17)24-14-23-19)15-27-11-12-29(2,3)4/h7,9,13-14,16,26H,5-6,8,10-12,15H2,1-4H3. The summed E-state index contributed by atoms with van der Waals surface area (Å²) in [5.74, 6) is 0.311. The monoisotopic (exact) mass is 432 g/mol. The van der Waals surface area contributed by atoms with Crippen LogP contribution >= 0.6 is 11.3 Å². The average Bonchev–Trinajstić information content (AvgIpc) is 3.32. The molecule has 0 aromatic carbocycles. The quantitative estimate of drug-likeness (QED) is 0.336. The van der Waals surface area contributed by atoms with Crippen LogP contribution in [0.4, 0.5) is 0 Å². The molecule has 3 aromatic rings. The van der Waals surface area contributed by atoms with Crippen molar-refractivity contribution in [3.05, 3.63) is 29.8 Å². The Hall–Kier alpha value is -1.61. The van der Waals surface area contributed by atoms with E-state index < -0.39 is 8.07 Å². The van der Waals surface area contributed by atoms with Gasteiger partial charge in [0.05, 0.1) is 15.6 Å². The summed E-state index contributed by atoms with van der Waals surface area (Å²) in [4.78, 5) is 14.7. The molecule has 0 amide bonds. The van der Waals surface area contributed by atoms with Crippen LogP contribution in [0, 0.1) is 0 Å². The van der Waals surface area contributed by atoms with Crippen molar-refractivity contribution in [3.8, 4) is 10.6 Å². The summed E-state index contributed by atoms with van der Waals surface area (Å²) in [7, 11) is -1.09. The third kappa shape index (κ3) is 5.72. The molecule has 3 heterocycles. The van der Waals surface area contributed by atoms with Crippen LogP contribution in [0.2, 0.25) is 25.7 Å². The Morgan fingerprint density at radius 2 is 2.03 bits per heavy atom. The van der Waals surface area contributed by atoms with Crippen LogP contribution in [0.5, 0.6) is 0 Å². The number of aliphatic hydroxyl groups is 1. The number of fused-ring (bicyclic) bond motifs is 1. The number of hydrogen-bond acceptors (Lipinski definition) is 6. The maximum atomic E-state index is 9.37. The minimum absolute atomic E-state index is 0.192. The lowest BCUT2D eigenvalue weighted by molar-refractivity contribution is 0.0899. The number of nitrogens with zero attached hydrogens (tertiary/aromatic N) is 4. The molecule has 1 unspecified atom stereocenters. The molecule has 6 nitrogen and oxygen atoms in total. The Morgan fingerprint density at radius 1 is 1.21 bits per heavy atom. The first-order chi connectivity index (χ1) is 13.9. The Kier molecular flexibility index (Phi) is 7.56. The van der Waals surface area contributed by atoms with Gasteiger partial charge in [-0.15, -0.1) is 11.3 Å². The molecule has 0 radical (unpaired) electrons. The molecule has 3 rings (SSSR count). The zero-order chi connectivity index (χ0) is 20.9. The van der Waals surface area contributed by atoms with Crippen LogP contribution in [-0.4, -0.2) is 45.9 Å². The lowest BCUT2D eigenvalue weighted by Crippen LogP contribution is -2.22. The minimum atomic E-state index is -1.09. The van der Waals surface area contributed by atoms with Gasteiger partial charge in [0.2, 0.25) is 0 Å². The van der Waals surface area contributed by atoms with E-state index >= 15 is 0 Å². The molecule has 0 saturated carbocycles. The smallest absolute Gasteiger partial charge is 0.145 e. The van der Waals surface area contributed by atoms with Crippen molar-refractivity contribution >= 4 is 30.4 Å². The fraction of sp³-hybridized carbons (Fsp3) is 0.571. The van der Waals surface area contributed by atoms with Crippen molar-refractivity contribution in [1.29, 1.82) is 0 Å². The van der Waals surface area contributed by atoms with Crippen LogP contribution in [0.25, 0.3) is 21.6 Å². The van der Waals surface area contributed by atoms with Gasteiger partial charge in [0, 0.05) is 45.0 Å². The van der Waals surface area contributed by atoms with Gasteiger partial charge in [-0.2, -0.15) is 0 Å². The molecule has 0 aliphatic rings. The highest BCUT2D eigenvalue weighted by Crippen LogP contribution is 2.35. The SMILES string of the molecule is CCCC(CCO)c1ncc(-c2ncnc3c2ccn3COCC[Si](C)(C)C)s1. The molecular formula is C21H32N4O2SSi. The van der Waals surface area contributed by atoms with Gasteiger partial charge in [-0.1, -0.05) is 33.0 Å². The first kappa shape index (κ1) is 22.1. The Balaban J connectivity index is 1.78. The van der Waals surface area contributed by atoms with Crippen LogP contribution in [0.1, 0.15) is 37.1 Å². The van der Waals surface area contributed by atoms with Crippen molar-refractivity contribution in [2.45, 2.75) is 64.5 Å². The van der Waals surface area contributed by atoms with Gasteiger partial charge in [0.1, 0.15) is 18.7 Å². The van der Waals surface area contributed by atoms with Crippen LogP contribution < -0.4 is 0 Å². The second kappa shape index (κ2) is 9.93. The zero-order valence-corrected chi connectivity index (χ0v) is 19.7. The van der Waals surface area contributed by atoms with Crippen LogP contribution in [-0.2, 0) is 11.5 Å². The topological polar surface area (TPSA) is 73.1 Å². The highest BCUT2D eigenvalue weighted by atomic mass is 32.1. The Labute approximate surface area is 178 Å². The second-order valence-corrected chi connectivity index (χ2v) is 15.3.